The lowest BCUT2D eigenvalue weighted by molar-refractivity contribution is -0.139. The number of anilines is 1. The maximum absolute atomic E-state index is 13.7. The molecule has 11 heteroatoms. The first-order valence-corrected chi connectivity index (χ1v) is 14.5. The van der Waals surface area contributed by atoms with Gasteiger partial charge < -0.3 is 30.3 Å². The number of carbonyl (C=O) groups excluding carboxylic acids is 4. The Morgan fingerprint density at radius 2 is 1.60 bits per heavy atom. The van der Waals surface area contributed by atoms with Crippen molar-refractivity contribution in [1.82, 2.24) is 15.5 Å². The molecule has 0 spiro atoms. The van der Waals surface area contributed by atoms with Gasteiger partial charge in [-0.15, -0.1) is 0 Å². The van der Waals surface area contributed by atoms with Crippen molar-refractivity contribution >= 4 is 29.3 Å². The normalized spacial score (nSPS) is 17.1. The summed E-state index contributed by atoms with van der Waals surface area (Å²) in [7, 11) is 0. The number of morpholine rings is 1. The van der Waals surface area contributed by atoms with Gasteiger partial charge >= 0.3 is 6.03 Å². The van der Waals surface area contributed by atoms with Gasteiger partial charge in [-0.1, -0.05) is 62.4 Å². The predicted molar refractivity (Wildman–Crippen MR) is 154 cm³/mol. The van der Waals surface area contributed by atoms with Gasteiger partial charge in [-0.3, -0.25) is 14.4 Å². The minimum absolute atomic E-state index is 0.166. The Bertz CT molecular complexity index is 1180. The number of benzene rings is 2. The number of rotatable bonds is 12. The van der Waals surface area contributed by atoms with Crippen molar-refractivity contribution in [2.75, 3.05) is 38.2 Å². The number of amides is 4. The Hall–Kier alpha value is -3.83. The van der Waals surface area contributed by atoms with Crippen LogP contribution in [0.5, 0.6) is 0 Å². The SMILES string of the molecule is O=C(Nc1ccc(F)cc1)C(=O)[C@H](COCc1ccccc1)NC(=O)[C@H](CC1CCCCC1)NC(=O)N1CCOCC1. The van der Waals surface area contributed by atoms with Crippen molar-refractivity contribution < 1.29 is 33.0 Å². The van der Waals surface area contributed by atoms with E-state index in [1.807, 2.05) is 30.3 Å². The Balaban J connectivity index is 1.46. The zero-order valence-electron chi connectivity index (χ0n) is 23.7. The van der Waals surface area contributed by atoms with Gasteiger partial charge in [-0.2, -0.15) is 0 Å². The lowest BCUT2D eigenvalue weighted by Gasteiger charge is -2.31. The minimum Gasteiger partial charge on any atom is -0.378 e. The molecule has 2 atom stereocenters. The lowest BCUT2D eigenvalue weighted by Crippen LogP contribution is -2.57. The number of ketones is 1. The fraction of sp³-hybridized carbons (Fsp3) is 0.484. The number of urea groups is 1. The standard InChI is InChI=1S/C31H39FN4O6/c32-24-11-13-25(14-12-24)33-30(39)28(37)27(21-42-20-23-9-5-2-6-10-23)34-29(38)26(19-22-7-3-1-4-8-22)35-31(40)36-15-17-41-18-16-36/h2,5-6,9-14,22,26-27H,1,3-4,7-8,15-21H2,(H,33,39)(H,34,38)(H,35,40)/t26-,27-/m0/s1. The summed E-state index contributed by atoms with van der Waals surface area (Å²) in [6, 6.07) is 11.7. The van der Waals surface area contributed by atoms with E-state index in [-0.39, 0.29) is 30.9 Å². The third-order valence-electron chi connectivity index (χ3n) is 7.56. The average molecular weight is 583 g/mol. The molecule has 1 aliphatic heterocycles. The fourth-order valence-corrected chi connectivity index (χ4v) is 5.20. The summed E-state index contributed by atoms with van der Waals surface area (Å²) in [5.41, 5.74) is 1.09. The maximum Gasteiger partial charge on any atom is 0.318 e. The van der Waals surface area contributed by atoms with Crippen molar-refractivity contribution in [1.29, 1.82) is 0 Å². The summed E-state index contributed by atoms with van der Waals surface area (Å²) in [6.45, 7) is 1.59. The second kappa shape index (κ2) is 16.0. The highest BCUT2D eigenvalue weighted by Gasteiger charge is 2.33. The van der Waals surface area contributed by atoms with Gasteiger partial charge in [0.05, 0.1) is 26.4 Å². The van der Waals surface area contributed by atoms with Crippen LogP contribution in [-0.2, 0) is 30.5 Å². The Labute approximate surface area is 245 Å². The molecule has 1 saturated heterocycles. The molecule has 2 fully saturated rings. The van der Waals surface area contributed by atoms with Crippen LogP contribution in [-0.4, -0.2) is 73.5 Å². The zero-order chi connectivity index (χ0) is 29.7. The van der Waals surface area contributed by atoms with Crippen LogP contribution >= 0.6 is 0 Å². The van der Waals surface area contributed by atoms with Crippen LogP contribution in [0.3, 0.4) is 0 Å². The summed E-state index contributed by atoms with van der Waals surface area (Å²) in [5, 5.41) is 8.00. The molecule has 4 rings (SSSR count). The molecule has 3 N–H and O–H groups in total. The smallest absolute Gasteiger partial charge is 0.318 e. The number of hydrogen-bond donors (Lipinski definition) is 3. The molecule has 0 unspecified atom stereocenters. The van der Waals surface area contributed by atoms with E-state index in [1.165, 1.54) is 12.1 Å². The van der Waals surface area contributed by atoms with Crippen LogP contribution in [0.15, 0.2) is 54.6 Å². The zero-order valence-corrected chi connectivity index (χ0v) is 23.7. The number of ether oxygens (including phenoxy) is 2. The van der Waals surface area contributed by atoms with E-state index >= 15 is 0 Å². The van der Waals surface area contributed by atoms with Gasteiger partial charge in [0, 0.05) is 18.8 Å². The molecule has 2 aromatic carbocycles. The first-order chi connectivity index (χ1) is 20.4. The lowest BCUT2D eigenvalue weighted by atomic mass is 9.84. The van der Waals surface area contributed by atoms with E-state index in [2.05, 4.69) is 16.0 Å². The molecule has 0 bridgehead atoms. The van der Waals surface area contributed by atoms with Crippen molar-refractivity contribution in [3.05, 3.63) is 66.0 Å². The summed E-state index contributed by atoms with van der Waals surface area (Å²) >= 11 is 0. The summed E-state index contributed by atoms with van der Waals surface area (Å²) in [6.07, 6.45) is 5.62. The molecule has 4 amide bonds. The molecule has 2 aromatic rings. The largest absolute Gasteiger partial charge is 0.378 e. The van der Waals surface area contributed by atoms with Crippen LogP contribution in [0.25, 0.3) is 0 Å². The number of Topliss-reactive ketones (excluding diaryl/α,β-unsaturated/α-hetero) is 1. The topological polar surface area (TPSA) is 126 Å². The monoisotopic (exact) mass is 582 g/mol. The van der Waals surface area contributed by atoms with E-state index in [4.69, 9.17) is 9.47 Å². The van der Waals surface area contributed by atoms with Crippen LogP contribution in [0.4, 0.5) is 14.9 Å². The van der Waals surface area contributed by atoms with E-state index in [0.717, 1.165) is 49.8 Å². The van der Waals surface area contributed by atoms with Gasteiger partial charge in [0.2, 0.25) is 11.7 Å². The van der Waals surface area contributed by atoms with Crippen LogP contribution in [0, 0.1) is 11.7 Å². The first kappa shape index (κ1) is 31.1. The molecule has 1 aliphatic carbocycles. The van der Waals surface area contributed by atoms with Crippen LogP contribution in [0.2, 0.25) is 0 Å². The fourth-order valence-electron chi connectivity index (χ4n) is 5.20. The highest BCUT2D eigenvalue weighted by atomic mass is 19.1. The van der Waals surface area contributed by atoms with Crippen molar-refractivity contribution in [2.45, 2.75) is 57.2 Å². The molecular formula is C31H39FN4O6. The molecule has 0 radical (unpaired) electrons. The third kappa shape index (κ3) is 9.63. The van der Waals surface area contributed by atoms with Gasteiger partial charge in [0.15, 0.2) is 0 Å². The minimum atomic E-state index is -1.31. The van der Waals surface area contributed by atoms with Crippen molar-refractivity contribution in [3.8, 4) is 0 Å². The number of carbonyl (C=O) groups is 4. The van der Waals surface area contributed by atoms with Gasteiger partial charge in [-0.25, -0.2) is 9.18 Å². The van der Waals surface area contributed by atoms with E-state index < -0.39 is 35.5 Å². The first-order valence-electron chi connectivity index (χ1n) is 14.5. The molecule has 10 nitrogen and oxygen atoms in total. The van der Waals surface area contributed by atoms with Crippen LogP contribution in [0.1, 0.15) is 44.1 Å². The van der Waals surface area contributed by atoms with Gasteiger partial charge in [0.1, 0.15) is 17.9 Å². The van der Waals surface area contributed by atoms with E-state index in [9.17, 15) is 23.6 Å². The van der Waals surface area contributed by atoms with Crippen molar-refractivity contribution in [3.63, 3.8) is 0 Å². The van der Waals surface area contributed by atoms with Crippen LogP contribution < -0.4 is 16.0 Å². The van der Waals surface area contributed by atoms with Gasteiger partial charge in [0.25, 0.3) is 5.91 Å². The molecule has 0 aromatic heterocycles. The highest BCUT2D eigenvalue weighted by Crippen LogP contribution is 2.27. The van der Waals surface area contributed by atoms with Gasteiger partial charge in [-0.05, 0) is 42.2 Å². The highest BCUT2D eigenvalue weighted by molar-refractivity contribution is 6.42. The van der Waals surface area contributed by atoms with Crippen molar-refractivity contribution in [2.24, 2.45) is 5.92 Å². The second-order valence-corrected chi connectivity index (χ2v) is 10.7. The number of nitrogens with zero attached hydrogens (tertiary/aromatic N) is 1. The third-order valence-corrected chi connectivity index (χ3v) is 7.56. The van der Waals surface area contributed by atoms with E-state index in [0.29, 0.717) is 32.7 Å². The summed E-state index contributed by atoms with van der Waals surface area (Å²) in [5.74, 6) is -2.68. The molecule has 42 heavy (non-hydrogen) atoms. The molecular weight excluding hydrogens is 543 g/mol. The molecule has 1 heterocycles. The number of nitrogens with one attached hydrogen (secondary N) is 3. The number of halogens is 1. The quantitative estimate of drug-likeness (QED) is 0.330. The molecule has 1 saturated carbocycles. The maximum atomic E-state index is 13.7. The second-order valence-electron chi connectivity index (χ2n) is 10.7. The molecule has 226 valence electrons. The molecule has 2 aliphatic rings. The summed E-state index contributed by atoms with van der Waals surface area (Å²) < 4.78 is 24.4. The Kier molecular flexibility index (Phi) is 11.8. The van der Waals surface area contributed by atoms with E-state index in [1.54, 1.807) is 4.90 Å². The predicted octanol–water partition coefficient (Wildman–Crippen LogP) is 3.42. The summed E-state index contributed by atoms with van der Waals surface area (Å²) in [4.78, 5) is 54.4. The number of hydrogen-bond acceptors (Lipinski definition) is 6. The Morgan fingerprint density at radius 1 is 0.905 bits per heavy atom. The average Bonchev–Trinajstić information content (AvgIpc) is 3.02. The Morgan fingerprint density at radius 3 is 2.29 bits per heavy atom.